The fraction of sp³-hybridized carbons (Fsp3) is 0.160. The average molecular weight is 417 g/mol. The molecule has 0 spiro atoms. The second-order valence-electron chi connectivity index (χ2n) is 6.80. The quantitative estimate of drug-likeness (QED) is 0.426. The highest BCUT2D eigenvalue weighted by molar-refractivity contribution is 6.09. The van der Waals surface area contributed by atoms with E-state index in [9.17, 15) is 14.4 Å². The molecule has 0 aliphatic heterocycles. The molecule has 0 unspecified atom stereocenters. The van der Waals surface area contributed by atoms with Gasteiger partial charge in [0.1, 0.15) is 5.75 Å². The number of methoxy groups -OCH3 is 1. The van der Waals surface area contributed by atoms with E-state index in [2.05, 4.69) is 5.32 Å². The fourth-order valence-corrected chi connectivity index (χ4v) is 2.92. The fourth-order valence-electron chi connectivity index (χ4n) is 2.92. The Kier molecular flexibility index (Phi) is 7.54. The van der Waals surface area contributed by atoms with Crippen molar-refractivity contribution in [1.29, 1.82) is 0 Å². The van der Waals surface area contributed by atoms with Gasteiger partial charge in [0.15, 0.2) is 12.4 Å². The summed E-state index contributed by atoms with van der Waals surface area (Å²) in [4.78, 5) is 36.5. The lowest BCUT2D eigenvalue weighted by molar-refractivity contribution is -0.124. The molecule has 0 aliphatic carbocycles. The predicted octanol–water partition coefficient (Wildman–Crippen LogP) is 3.44. The molecule has 0 heterocycles. The predicted molar refractivity (Wildman–Crippen MR) is 116 cm³/mol. The number of nitrogens with one attached hydrogen (secondary N) is 1. The van der Waals surface area contributed by atoms with Gasteiger partial charge in [-0.2, -0.15) is 0 Å². The topological polar surface area (TPSA) is 81.7 Å². The minimum Gasteiger partial charge on any atom is -0.497 e. The summed E-state index contributed by atoms with van der Waals surface area (Å²) >= 11 is 0. The SMILES string of the molecule is COc1ccc(CCNC(=O)COC(=O)c2ccc(C(=O)c3ccccc3)cc2)cc1. The van der Waals surface area contributed by atoms with Crippen LogP contribution >= 0.6 is 0 Å². The van der Waals surface area contributed by atoms with Crippen molar-refractivity contribution in [3.05, 3.63) is 101 Å². The molecular formula is C25H23NO5. The molecule has 3 rings (SSSR count). The molecule has 0 fully saturated rings. The third kappa shape index (κ3) is 6.27. The first-order valence-corrected chi connectivity index (χ1v) is 9.83. The molecule has 0 aliphatic rings. The first-order chi connectivity index (χ1) is 15.1. The van der Waals surface area contributed by atoms with Gasteiger partial charge in [-0.25, -0.2) is 4.79 Å². The van der Waals surface area contributed by atoms with E-state index in [0.717, 1.165) is 11.3 Å². The van der Waals surface area contributed by atoms with Crippen LogP contribution in [0.2, 0.25) is 0 Å². The van der Waals surface area contributed by atoms with Gasteiger partial charge in [0, 0.05) is 17.7 Å². The van der Waals surface area contributed by atoms with Crippen molar-refractivity contribution < 1.29 is 23.9 Å². The van der Waals surface area contributed by atoms with Crippen LogP contribution in [-0.4, -0.2) is 37.9 Å². The van der Waals surface area contributed by atoms with Gasteiger partial charge in [-0.1, -0.05) is 54.6 Å². The molecule has 0 atom stereocenters. The number of amides is 1. The van der Waals surface area contributed by atoms with Crippen LogP contribution in [0.5, 0.6) is 5.75 Å². The van der Waals surface area contributed by atoms with Crippen LogP contribution in [0.15, 0.2) is 78.9 Å². The van der Waals surface area contributed by atoms with Crippen molar-refractivity contribution in [3.63, 3.8) is 0 Å². The average Bonchev–Trinajstić information content (AvgIpc) is 2.83. The van der Waals surface area contributed by atoms with Gasteiger partial charge in [-0.05, 0) is 36.2 Å². The van der Waals surface area contributed by atoms with Gasteiger partial charge < -0.3 is 14.8 Å². The smallest absolute Gasteiger partial charge is 0.338 e. The molecule has 6 heteroatoms. The Balaban J connectivity index is 1.43. The molecule has 158 valence electrons. The number of ether oxygens (including phenoxy) is 2. The summed E-state index contributed by atoms with van der Waals surface area (Å²) in [6, 6.07) is 22.6. The number of hydrogen-bond donors (Lipinski definition) is 1. The Morgan fingerprint density at radius 2 is 1.39 bits per heavy atom. The van der Waals surface area contributed by atoms with Crippen LogP contribution in [0.25, 0.3) is 0 Å². The summed E-state index contributed by atoms with van der Waals surface area (Å²) in [6.45, 7) is 0.0607. The second kappa shape index (κ2) is 10.7. The van der Waals surface area contributed by atoms with Crippen molar-refractivity contribution in [2.24, 2.45) is 0 Å². The molecule has 0 saturated carbocycles. The normalized spacial score (nSPS) is 10.2. The zero-order valence-corrected chi connectivity index (χ0v) is 17.2. The third-order valence-electron chi connectivity index (χ3n) is 4.65. The molecule has 0 aromatic heterocycles. The lowest BCUT2D eigenvalue weighted by Gasteiger charge is -2.08. The number of hydrogen-bond acceptors (Lipinski definition) is 5. The van der Waals surface area contributed by atoms with E-state index >= 15 is 0 Å². The highest BCUT2D eigenvalue weighted by Gasteiger charge is 2.13. The molecule has 0 saturated heterocycles. The lowest BCUT2D eigenvalue weighted by Crippen LogP contribution is -2.30. The molecule has 1 N–H and O–H groups in total. The lowest BCUT2D eigenvalue weighted by atomic mass is 10.0. The number of ketones is 1. The minimum absolute atomic E-state index is 0.128. The maximum atomic E-state index is 12.4. The summed E-state index contributed by atoms with van der Waals surface area (Å²) < 4.78 is 10.2. The Hall–Kier alpha value is -3.93. The summed E-state index contributed by atoms with van der Waals surface area (Å²) in [5.74, 6) is -0.351. The highest BCUT2D eigenvalue weighted by atomic mass is 16.5. The van der Waals surface area contributed by atoms with Gasteiger partial charge in [0.2, 0.25) is 0 Å². The number of rotatable bonds is 9. The summed E-state index contributed by atoms with van der Waals surface area (Å²) in [5, 5.41) is 2.72. The molecule has 6 nitrogen and oxygen atoms in total. The van der Waals surface area contributed by atoms with Crippen LogP contribution < -0.4 is 10.1 Å². The summed E-state index contributed by atoms with van der Waals surface area (Å²) in [5.41, 5.74) is 2.38. The molecule has 0 radical (unpaired) electrons. The number of carbonyl (C=O) groups is 3. The van der Waals surface area contributed by atoms with E-state index < -0.39 is 5.97 Å². The van der Waals surface area contributed by atoms with E-state index in [-0.39, 0.29) is 23.9 Å². The number of esters is 1. The Morgan fingerprint density at radius 1 is 0.774 bits per heavy atom. The number of carbonyl (C=O) groups excluding carboxylic acids is 3. The Morgan fingerprint density at radius 3 is 2.03 bits per heavy atom. The van der Waals surface area contributed by atoms with Crippen molar-refractivity contribution >= 4 is 17.7 Å². The zero-order valence-electron chi connectivity index (χ0n) is 17.2. The zero-order chi connectivity index (χ0) is 22.1. The first-order valence-electron chi connectivity index (χ1n) is 9.83. The van der Waals surface area contributed by atoms with Gasteiger partial charge in [-0.15, -0.1) is 0 Å². The van der Waals surface area contributed by atoms with Crippen LogP contribution in [0.3, 0.4) is 0 Å². The van der Waals surface area contributed by atoms with Crippen molar-refractivity contribution in [1.82, 2.24) is 5.32 Å². The Labute approximate surface area is 180 Å². The van der Waals surface area contributed by atoms with Crippen LogP contribution in [-0.2, 0) is 16.0 Å². The van der Waals surface area contributed by atoms with Gasteiger partial charge in [0.05, 0.1) is 12.7 Å². The molecule has 0 bridgehead atoms. The first kappa shape index (κ1) is 21.8. The van der Waals surface area contributed by atoms with Gasteiger partial charge >= 0.3 is 5.97 Å². The van der Waals surface area contributed by atoms with E-state index in [1.807, 2.05) is 30.3 Å². The van der Waals surface area contributed by atoms with E-state index in [4.69, 9.17) is 9.47 Å². The minimum atomic E-state index is -0.621. The monoisotopic (exact) mass is 417 g/mol. The molecular weight excluding hydrogens is 394 g/mol. The van der Waals surface area contributed by atoms with Crippen LogP contribution in [0.1, 0.15) is 31.8 Å². The van der Waals surface area contributed by atoms with E-state index in [1.165, 1.54) is 12.1 Å². The van der Waals surface area contributed by atoms with Gasteiger partial charge in [-0.3, -0.25) is 9.59 Å². The second-order valence-corrected chi connectivity index (χ2v) is 6.80. The van der Waals surface area contributed by atoms with Crippen LogP contribution in [0, 0.1) is 0 Å². The van der Waals surface area contributed by atoms with E-state index in [0.29, 0.717) is 24.1 Å². The summed E-state index contributed by atoms with van der Waals surface area (Å²) in [7, 11) is 1.61. The highest BCUT2D eigenvalue weighted by Crippen LogP contribution is 2.12. The molecule has 1 amide bonds. The van der Waals surface area contributed by atoms with Crippen molar-refractivity contribution in [2.45, 2.75) is 6.42 Å². The summed E-state index contributed by atoms with van der Waals surface area (Å²) in [6.07, 6.45) is 0.653. The molecule has 3 aromatic rings. The number of benzene rings is 3. The Bertz CT molecular complexity index is 1030. The van der Waals surface area contributed by atoms with E-state index in [1.54, 1.807) is 43.5 Å². The molecule has 31 heavy (non-hydrogen) atoms. The maximum Gasteiger partial charge on any atom is 0.338 e. The maximum absolute atomic E-state index is 12.4. The molecule has 3 aromatic carbocycles. The van der Waals surface area contributed by atoms with Crippen molar-refractivity contribution in [2.75, 3.05) is 20.3 Å². The third-order valence-corrected chi connectivity index (χ3v) is 4.65. The van der Waals surface area contributed by atoms with Gasteiger partial charge in [0.25, 0.3) is 5.91 Å². The standard InChI is InChI=1S/C25H23NO5/c1-30-22-13-7-18(8-14-22)15-16-26-23(27)17-31-25(29)21-11-9-20(10-12-21)24(28)19-5-3-2-4-6-19/h2-14H,15-17H2,1H3,(H,26,27). The van der Waals surface area contributed by atoms with Crippen molar-refractivity contribution in [3.8, 4) is 5.75 Å². The largest absolute Gasteiger partial charge is 0.497 e. The van der Waals surface area contributed by atoms with Crippen LogP contribution in [0.4, 0.5) is 0 Å².